The summed E-state index contributed by atoms with van der Waals surface area (Å²) in [6.07, 6.45) is 10.9. The molecule has 1 aliphatic rings. The van der Waals surface area contributed by atoms with E-state index in [2.05, 4.69) is 4.98 Å². The lowest BCUT2D eigenvalue weighted by atomic mass is 9.39. The van der Waals surface area contributed by atoms with Crippen LogP contribution in [-0.4, -0.2) is 16.8 Å². The van der Waals surface area contributed by atoms with Crippen LogP contribution in [0.3, 0.4) is 0 Å². The van der Waals surface area contributed by atoms with Crippen LogP contribution in [-0.2, 0) is 12.7 Å². The van der Waals surface area contributed by atoms with Gasteiger partial charge in [-0.3, -0.25) is 4.79 Å². The zero-order chi connectivity index (χ0) is 19.0. The quantitative estimate of drug-likeness (QED) is 0.627. The molecule has 0 aliphatic carbocycles. The van der Waals surface area contributed by atoms with Gasteiger partial charge in [0.05, 0.1) is 10.9 Å². The molecule has 140 valence electrons. The molecule has 1 aliphatic heterocycles. The van der Waals surface area contributed by atoms with Crippen molar-refractivity contribution in [2.75, 3.05) is 0 Å². The van der Waals surface area contributed by atoms with Crippen LogP contribution >= 0.6 is 11.3 Å². The Labute approximate surface area is 163 Å². The fourth-order valence-corrected chi connectivity index (χ4v) is 4.92. The van der Waals surface area contributed by atoms with Gasteiger partial charge in [0, 0.05) is 16.6 Å². The molecular weight excluding hydrogens is 357 g/mol. The Morgan fingerprint density at radius 3 is 2.74 bits per heavy atom. The van der Waals surface area contributed by atoms with Gasteiger partial charge < -0.3 is 9.52 Å². The average molecular weight is 381 g/mol. The number of aryl methyl sites for hydroxylation is 2. The average Bonchev–Trinajstić information content (AvgIpc) is 3.11. The second kappa shape index (κ2) is 7.51. The second-order valence-corrected chi connectivity index (χ2v) is 8.79. The highest BCUT2D eigenvalue weighted by molar-refractivity contribution is 7.14. The van der Waals surface area contributed by atoms with Gasteiger partial charge in [-0.2, -0.15) is 0 Å². The molecule has 1 N–H and O–H groups in total. The summed E-state index contributed by atoms with van der Waals surface area (Å²) in [6, 6.07) is 1.80. The molecule has 0 amide bonds. The number of benzene rings is 1. The van der Waals surface area contributed by atoms with E-state index in [1.54, 1.807) is 12.3 Å². The van der Waals surface area contributed by atoms with E-state index in [4.69, 9.17) is 4.42 Å². The third-order valence-corrected chi connectivity index (χ3v) is 6.61. The van der Waals surface area contributed by atoms with Gasteiger partial charge >= 0.3 is 0 Å². The van der Waals surface area contributed by atoms with Crippen LogP contribution < -0.4 is 5.43 Å². The van der Waals surface area contributed by atoms with Gasteiger partial charge in [0.2, 0.25) is 5.43 Å². The minimum Gasteiger partial charge on any atom is -0.507 e. The van der Waals surface area contributed by atoms with Crippen LogP contribution in [0.1, 0.15) is 42.2 Å². The number of phenolic OH excluding ortho intramolecular Hbond substituents is 1. The molecule has 2 aromatic heterocycles. The van der Waals surface area contributed by atoms with Crippen molar-refractivity contribution in [1.29, 1.82) is 0 Å². The number of aromatic nitrogens is 1. The van der Waals surface area contributed by atoms with Crippen molar-refractivity contribution in [2.45, 2.75) is 58.5 Å². The van der Waals surface area contributed by atoms with Crippen LogP contribution in [0.4, 0.5) is 0 Å². The molecule has 0 unspecified atom stereocenters. The predicted molar refractivity (Wildman–Crippen MR) is 112 cm³/mol. The van der Waals surface area contributed by atoms with Crippen LogP contribution in [0.25, 0.3) is 21.5 Å². The summed E-state index contributed by atoms with van der Waals surface area (Å²) in [5.41, 5.74) is 2.59. The van der Waals surface area contributed by atoms with Crippen molar-refractivity contribution in [3.8, 4) is 16.3 Å². The highest BCUT2D eigenvalue weighted by atomic mass is 32.1. The first-order valence-corrected chi connectivity index (χ1v) is 10.6. The summed E-state index contributed by atoms with van der Waals surface area (Å²) >= 11 is 1.49. The van der Waals surface area contributed by atoms with Crippen molar-refractivity contribution in [3.05, 3.63) is 44.8 Å². The topological polar surface area (TPSA) is 63.3 Å². The van der Waals surface area contributed by atoms with Crippen molar-refractivity contribution < 1.29 is 9.52 Å². The van der Waals surface area contributed by atoms with Crippen LogP contribution in [0, 0.1) is 6.92 Å². The lowest BCUT2D eigenvalue weighted by Gasteiger charge is -2.20. The highest BCUT2D eigenvalue weighted by Gasteiger charge is 2.24. The van der Waals surface area contributed by atoms with Crippen LogP contribution in [0.15, 0.2) is 27.7 Å². The van der Waals surface area contributed by atoms with Crippen molar-refractivity contribution in [1.82, 2.24) is 4.98 Å². The Hall–Kier alpha value is -2.08. The highest BCUT2D eigenvalue weighted by Crippen LogP contribution is 2.35. The lowest BCUT2D eigenvalue weighted by Crippen LogP contribution is -2.20. The Kier molecular flexibility index (Phi) is 5.09. The lowest BCUT2D eigenvalue weighted by molar-refractivity contribution is 0.462. The molecule has 4 nitrogen and oxygen atoms in total. The van der Waals surface area contributed by atoms with Crippen molar-refractivity contribution >= 4 is 29.0 Å². The molecule has 0 atom stereocenters. The van der Waals surface area contributed by atoms with Crippen LogP contribution in [0.2, 0.25) is 12.6 Å². The summed E-state index contributed by atoms with van der Waals surface area (Å²) in [7, 11) is 0. The van der Waals surface area contributed by atoms with E-state index in [-0.39, 0.29) is 5.43 Å². The number of thiazole rings is 1. The molecule has 27 heavy (non-hydrogen) atoms. The van der Waals surface area contributed by atoms with Crippen LogP contribution in [0.5, 0.6) is 5.75 Å². The zero-order valence-electron chi connectivity index (χ0n) is 15.9. The molecule has 1 fully saturated rings. The number of hydrogen-bond acceptors (Lipinski definition) is 5. The van der Waals surface area contributed by atoms with E-state index in [1.807, 2.05) is 13.8 Å². The predicted octanol–water partition coefficient (Wildman–Crippen LogP) is 5.25. The molecule has 0 spiro atoms. The van der Waals surface area contributed by atoms with Crippen molar-refractivity contribution in [3.63, 3.8) is 0 Å². The second-order valence-electron chi connectivity index (χ2n) is 7.56. The summed E-state index contributed by atoms with van der Waals surface area (Å²) in [4.78, 5) is 18.6. The number of rotatable bonds is 4. The number of aromatic hydroxyl groups is 1. The maximum atomic E-state index is 13.2. The van der Waals surface area contributed by atoms with E-state index in [0.717, 1.165) is 22.3 Å². The number of fused-ring (bicyclic) bond motifs is 1. The fourth-order valence-electron chi connectivity index (χ4n) is 4.16. The minimum absolute atomic E-state index is 0.0646. The molecule has 6 heteroatoms. The van der Waals surface area contributed by atoms with E-state index >= 15 is 0 Å². The van der Waals surface area contributed by atoms with Gasteiger partial charge in [-0.25, -0.2) is 4.98 Å². The van der Waals surface area contributed by atoms with Gasteiger partial charge in [-0.05, 0) is 31.3 Å². The van der Waals surface area contributed by atoms with E-state index in [1.165, 1.54) is 49.5 Å². The molecule has 3 aromatic rings. The molecular formula is C21H24BNO3S. The summed E-state index contributed by atoms with van der Waals surface area (Å²) in [5.74, 6) is 0.302. The monoisotopic (exact) mass is 381 g/mol. The first-order valence-electron chi connectivity index (χ1n) is 9.80. The first kappa shape index (κ1) is 18.3. The van der Waals surface area contributed by atoms with Crippen molar-refractivity contribution in [2.24, 2.45) is 0 Å². The zero-order valence-corrected chi connectivity index (χ0v) is 16.7. The van der Waals surface area contributed by atoms with E-state index in [9.17, 15) is 9.90 Å². The molecule has 3 heterocycles. The third-order valence-electron chi connectivity index (χ3n) is 5.66. The SMILES string of the molecule is CCc1cc2c(=O)c(-c3ncc(C)s3)coc2c(CB2CCCCC2)c1O. The Morgan fingerprint density at radius 2 is 2.07 bits per heavy atom. The van der Waals surface area contributed by atoms with Gasteiger partial charge in [0.15, 0.2) is 0 Å². The Morgan fingerprint density at radius 1 is 1.30 bits per heavy atom. The normalized spacial score (nSPS) is 14.8. The molecule has 0 saturated carbocycles. The van der Waals surface area contributed by atoms with E-state index in [0.29, 0.717) is 40.4 Å². The molecule has 0 bridgehead atoms. The summed E-state index contributed by atoms with van der Waals surface area (Å²) in [6.45, 7) is 4.52. The third kappa shape index (κ3) is 3.43. The van der Waals surface area contributed by atoms with Gasteiger partial charge in [0.25, 0.3) is 0 Å². The first-order chi connectivity index (χ1) is 13.1. The summed E-state index contributed by atoms with van der Waals surface area (Å²) < 4.78 is 5.95. The molecule has 1 aromatic carbocycles. The van der Waals surface area contributed by atoms with E-state index < -0.39 is 0 Å². The maximum Gasteiger partial charge on any atom is 0.202 e. The largest absolute Gasteiger partial charge is 0.507 e. The summed E-state index contributed by atoms with van der Waals surface area (Å²) in [5, 5.41) is 12.1. The van der Waals surface area contributed by atoms with Gasteiger partial charge in [0.1, 0.15) is 29.3 Å². The molecule has 1 saturated heterocycles. The minimum atomic E-state index is -0.0646. The number of hydrogen-bond donors (Lipinski definition) is 1. The number of nitrogens with zero attached hydrogens (tertiary/aromatic N) is 1. The Balaban J connectivity index is 1.87. The molecule has 4 rings (SSSR count). The fraction of sp³-hybridized carbons (Fsp3) is 0.429. The number of phenols is 1. The Bertz CT molecular complexity index is 1030. The van der Waals surface area contributed by atoms with Gasteiger partial charge in [-0.15, -0.1) is 11.3 Å². The van der Waals surface area contributed by atoms with Gasteiger partial charge in [-0.1, -0.05) is 38.8 Å². The maximum absolute atomic E-state index is 13.2. The standard InChI is InChI=1S/C21H24BNO3S/c1-3-14-9-15-19(25)17(21-23-11-13(2)27-21)12-26-20(15)16(18(14)24)10-22-7-5-4-6-8-22/h9,11-12,24H,3-8,10H2,1-2H3. The molecule has 0 radical (unpaired) electrons. The smallest absolute Gasteiger partial charge is 0.202 e.